The zero-order valence-corrected chi connectivity index (χ0v) is 17.5. The standard InChI is InChI=1S/C23H26N2O3S/c1-2-3-4-5-16-28-20-13-6-17(7-14-20)8-15-21-24-25-22(29-21)18-9-11-19(12-10-18)23(26)27/h6-7,9-14H,2-5,8,15-16H2,1H3,(H,26,27). The maximum absolute atomic E-state index is 11.0. The zero-order valence-electron chi connectivity index (χ0n) is 16.6. The number of nitrogens with zero attached hydrogens (tertiary/aromatic N) is 2. The normalized spacial score (nSPS) is 10.8. The van der Waals surface area contributed by atoms with Gasteiger partial charge in [-0.15, -0.1) is 10.2 Å². The van der Waals surface area contributed by atoms with Crippen LogP contribution in [-0.2, 0) is 12.8 Å². The van der Waals surface area contributed by atoms with Gasteiger partial charge in [0, 0.05) is 12.0 Å². The van der Waals surface area contributed by atoms with Crippen LogP contribution in [0.3, 0.4) is 0 Å². The molecule has 0 fully saturated rings. The smallest absolute Gasteiger partial charge is 0.335 e. The average Bonchev–Trinajstić information content (AvgIpc) is 3.22. The highest BCUT2D eigenvalue weighted by Crippen LogP contribution is 2.25. The van der Waals surface area contributed by atoms with Gasteiger partial charge in [-0.25, -0.2) is 4.79 Å². The van der Waals surface area contributed by atoms with E-state index >= 15 is 0 Å². The van der Waals surface area contributed by atoms with Crippen LogP contribution < -0.4 is 4.74 Å². The summed E-state index contributed by atoms with van der Waals surface area (Å²) in [5.41, 5.74) is 2.40. The number of aromatic carboxylic acids is 1. The third-order valence-electron chi connectivity index (χ3n) is 4.66. The number of rotatable bonds is 11. The van der Waals surface area contributed by atoms with E-state index in [9.17, 15) is 4.79 Å². The molecule has 0 atom stereocenters. The number of carbonyl (C=O) groups is 1. The Hall–Kier alpha value is -2.73. The number of benzene rings is 2. The number of carboxylic acids is 1. The molecule has 0 aliphatic rings. The molecule has 0 unspecified atom stereocenters. The summed E-state index contributed by atoms with van der Waals surface area (Å²) < 4.78 is 5.79. The van der Waals surface area contributed by atoms with Crippen LogP contribution in [0.25, 0.3) is 10.6 Å². The maximum atomic E-state index is 11.0. The molecule has 6 heteroatoms. The molecule has 1 N–H and O–H groups in total. The van der Waals surface area contributed by atoms with Gasteiger partial charge in [-0.3, -0.25) is 0 Å². The van der Waals surface area contributed by atoms with Crippen molar-refractivity contribution in [1.29, 1.82) is 0 Å². The SMILES string of the molecule is CCCCCCOc1ccc(CCc2nnc(-c3ccc(C(=O)O)cc3)s2)cc1. The summed E-state index contributed by atoms with van der Waals surface area (Å²) in [6, 6.07) is 15.0. The fourth-order valence-corrected chi connectivity index (χ4v) is 3.79. The first-order valence-electron chi connectivity index (χ1n) is 10.0. The highest BCUT2D eigenvalue weighted by molar-refractivity contribution is 7.14. The Labute approximate surface area is 175 Å². The van der Waals surface area contributed by atoms with Crippen molar-refractivity contribution in [3.05, 3.63) is 64.7 Å². The highest BCUT2D eigenvalue weighted by atomic mass is 32.1. The van der Waals surface area contributed by atoms with Crippen LogP contribution >= 0.6 is 11.3 Å². The van der Waals surface area contributed by atoms with Crippen LogP contribution in [0.2, 0.25) is 0 Å². The monoisotopic (exact) mass is 410 g/mol. The van der Waals surface area contributed by atoms with Crippen molar-refractivity contribution in [2.45, 2.75) is 45.4 Å². The Balaban J connectivity index is 1.48. The predicted octanol–water partition coefficient (Wildman–Crippen LogP) is 5.65. The van der Waals surface area contributed by atoms with Gasteiger partial charge in [0.05, 0.1) is 12.2 Å². The molecule has 1 heterocycles. The zero-order chi connectivity index (χ0) is 20.5. The average molecular weight is 411 g/mol. The van der Waals surface area contributed by atoms with Crippen molar-refractivity contribution in [2.75, 3.05) is 6.61 Å². The molecule has 0 aliphatic carbocycles. The summed E-state index contributed by atoms with van der Waals surface area (Å²) in [5, 5.41) is 19.3. The van der Waals surface area contributed by atoms with Crippen LogP contribution in [-0.4, -0.2) is 27.9 Å². The van der Waals surface area contributed by atoms with Crippen molar-refractivity contribution in [3.63, 3.8) is 0 Å². The fraction of sp³-hybridized carbons (Fsp3) is 0.348. The molecule has 0 amide bonds. The first-order valence-corrected chi connectivity index (χ1v) is 10.8. The van der Waals surface area contributed by atoms with Crippen LogP contribution in [0.5, 0.6) is 5.75 Å². The molecular weight excluding hydrogens is 384 g/mol. The number of unbranched alkanes of at least 4 members (excludes halogenated alkanes) is 3. The van der Waals surface area contributed by atoms with E-state index in [-0.39, 0.29) is 5.56 Å². The molecule has 3 aromatic rings. The Morgan fingerprint density at radius 2 is 1.72 bits per heavy atom. The Bertz CT molecular complexity index is 905. The second-order valence-electron chi connectivity index (χ2n) is 6.94. The summed E-state index contributed by atoms with van der Waals surface area (Å²) in [6.45, 7) is 2.99. The van der Waals surface area contributed by atoms with Gasteiger partial charge in [0.1, 0.15) is 15.8 Å². The molecular formula is C23H26N2O3S. The number of carboxylic acid groups (broad SMARTS) is 1. The molecule has 2 aromatic carbocycles. The highest BCUT2D eigenvalue weighted by Gasteiger charge is 2.09. The van der Waals surface area contributed by atoms with E-state index in [1.807, 2.05) is 12.1 Å². The second-order valence-corrected chi connectivity index (χ2v) is 8.00. The summed E-state index contributed by atoms with van der Waals surface area (Å²) in [5.74, 6) is -0.00401. The second kappa shape index (κ2) is 10.7. The van der Waals surface area contributed by atoms with Gasteiger partial charge in [0.15, 0.2) is 0 Å². The van der Waals surface area contributed by atoms with Gasteiger partial charge < -0.3 is 9.84 Å². The van der Waals surface area contributed by atoms with Gasteiger partial charge in [0.2, 0.25) is 0 Å². The Morgan fingerprint density at radius 1 is 0.966 bits per heavy atom. The molecule has 152 valence electrons. The summed E-state index contributed by atoms with van der Waals surface area (Å²) in [4.78, 5) is 11.0. The number of aromatic nitrogens is 2. The van der Waals surface area contributed by atoms with Gasteiger partial charge in [-0.2, -0.15) is 0 Å². The molecule has 0 bridgehead atoms. The van der Waals surface area contributed by atoms with E-state index in [0.29, 0.717) is 0 Å². The third kappa shape index (κ3) is 6.39. The van der Waals surface area contributed by atoms with E-state index < -0.39 is 5.97 Å². The van der Waals surface area contributed by atoms with E-state index in [2.05, 4.69) is 29.3 Å². The minimum absolute atomic E-state index is 0.270. The first kappa shape index (κ1) is 21.0. The summed E-state index contributed by atoms with van der Waals surface area (Å²) in [6.07, 6.45) is 6.55. The minimum Gasteiger partial charge on any atom is -0.494 e. The molecule has 0 spiro atoms. The van der Waals surface area contributed by atoms with Crippen LogP contribution in [0, 0.1) is 0 Å². The van der Waals surface area contributed by atoms with Crippen LogP contribution in [0.4, 0.5) is 0 Å². The lowest BCUT2D eigenvalue weighted by molar-refractivity contribution is 0.0697. The van der Waals surface area contributed by atoms with Crippen molar-refractivity contribution < 1.29 is 14.6 Å². The fourth-order valence-electron chi connectivity index (χ4n) is 2.95. The van der Waals surface area contributed by atoms with Gasteiger partial charge >= 0.3 is 5.97 Å². The number of hydrogen-bond acceptors (Lipinski definition) is 5. The quantitative estimate of drug-likeness (QED) is 0.414. The van der Waals surface area contributed by atoms with Gasteiger partial charge in [-0.05, 0) is 42.7 Å². The van der Waals surface area contributed by atoms with Gasteiger partial charge in [-0.1, -0.05) is 61.8 Å². The third-order valence-corrected chi connectivity index (χ3v) is 5.70. The van der Waals surface area contributed by atoms with Crippen LogP contribution in [0.15, 0.2) is 48.5 Å². The van der Waals surface area contributed by atoms with E-state index in [1.165, 1.54) is 24.8 Å². The number of aryl methyl sites for hydroxylation is 2. The lowest BCUT2D eigenvalue weighted by atomic mass is 10.1. The maximum Gasteiger partial charge on any atom is 0.335 e. The van der Waals surface area contributed by atoms with Gasteiger partial charge in [0.25, 0.3) is 0 Å². The van der Waals surface area contributed by atoms with E-state index in [4.69, 9.17) is 9.84 Å². The molecule has 0 aliphatic heterocycles. The Morgan fingerprint density at radius 3 is 2.41 bits per heavy atom. The predicted molar refractivity (Wildman–Crippen MR) is 116 cm³/mol. The molecule has 0 saturated heterocycles. The van der Waals surface area contributed by atoms with E-state index in [0.717, 1.165) is 47.2 Å². The number of hydrogen-bond donors (Lipinski definition) is 1. The molecule has 0 saturated carbocycles. The van der Waals surface area contributed by atoms with Crippen molar-refractivity contribution in [2.24, 2.45) is 0 Å². The lowest BCUT2D eigenvalue weighted by Crippen LogP contribution is -1.97. The molecule has 3 rings (SSSR count). The molecule has 5 nitrogen and oxygen atoms in total. The minimum atomic E-state index is -0.928. The van der Waals surface area contributed by atoms with Crippen LogP contribution in [0.1, 0.15) is 53.5 Å². The topological polar surface area (TPSA) is 72.3 Å². The lowest BCUT2D eigenvalue weighted by Gasteiger charge is -2.07. The van der Waals surface area contributed by atoms with Crippen molar-refractivity contribution in [3.8, 4) is 16.3 Å². The Kier molecular flexibility index (Phi) is 7.76. The number of ether oxygens (including phenoxy) is 1. The van der Waals surface area contributed by atoms with E-state index in [1.54, 1.807) is 35.6 Å². The van der Waals surface area contributed by atoms with Crippen molar-refractivity contribution in [1.82, 2.24) is 10.2 Å². The van der Waals surface area contributed by atoms with Crippen molar-refractivity contribution >= 4 is 17.3 Å². The summed E-state index contributed by atoms with van der Waals surface area (Å²) >= 11 is 1.55. The molecule has 29 heavy (non-hydrogen) atoms. The largest absolute Gasteiger partial charge is 0.494 e. The first-order chi connectivity index (χ1) is 14.2. The summed E-state index contributed by atoms with van der Waals surface area (Å²) in [7, 11) is 0. The molecule has 1 aromatic heterocycles. The molecule has 0 radical (unpaired) electrons.